The van der Waals surface area contributed by atoms with Crippen molar-refractivity contribution in [1.29, 1.82) is 0 Å². The predicted molar refractivity (Wildman–Crippen MR) is 84.5 cm³/mol. The molecule has 1 heterocycles. The van der Waals surface area contributed by atoms with Crippen LogP contribution in [0.15, 0.2) is 18.2 Å². The van der Waals surface area contributed by atoms with E-state index in [0.29, 0.717) is 43.0 Å². The summed E-state index contributed by atoms with van der Waals surface area (Å²) < 4.78 is 4.93. The second-order valence-corrected chi connectivity index (χ2v) is 5.30. The molecule has 0 saturated heterocycles. The summed E-state index contributed by atoms with van der Waals surface area (Å²) in [4.78, 5) is 37.6. The summed E-state index contributed by atoms with van der Waals surface area (Å²) in [5.41, 5.74) is 0.981. The Bertz CT molecular complexity index is 603. The first-order valence-corrected chi connectivity index (χ1v) is 7.61. The van der Waals surface area contributed by atoms with Gasteiger partial charge in [-0.25, -0.2) is 0 Å². The zero-order valence-electron chi connectivity index (χ0n) is 12.3. The number of carbonyl (C=O) groups excluding carboxylic acids is 3. The van der Waals surface area contributed by atoms with E-state index in [9.17, 15) is 14.4 Å². The number of carbonyl (C=O) groups is 3. The second kappa shape index (κ2) is 7.42. The van der Waals surface area contributed by atoms with Gasteiger partial charge in [0.2, 0.25) is 0 Å². The first kappa shape index (κ1) is 16.5. The molecule has 118 valence electrons. The molecule has 0 saturated carbocycles. The molecule has 2 rings (SSSR count). The number of hydrogen-bond donors (Lipinski definition) is 2. The van der Waals surface area contributed by atoms with Crippen LogP contribution in [0, 0.1) is 0 Å². The Kier molecular flexibility index (Phi) is 5.57. The first-order chi connectivity index (χ1) is 10.6. The summed E-state index contributed by atoms with van der Waals surface area (Å²) in [6.07, 6.45) is 0.581. The second-order valence-electron chi connectivity index (χ2n) is 4.85. The number of ether oxygens (including phenoxy) is 1. The van der Waals surface area contributed by atoms with E-state index in [0.717, 1.165) is 0 Å². The van der Waals surface area contributed by atoms with Gasteiger partial charge in [-0.05, 0) is 24.6 Å². The zero-order valence-corrected chi connectivity index (χ0v) is 13.2. The molecular weight excluding hydrogens is 304 g/mol. The van der Waals surface area contributed by atoms with Crippen molar-refractivity contribution in [3.8, 4) is 0 Å². The molecule has 0 bridgehead atoms. The SMILES string of the molecule is COCCCN1C(=O)c2ccc(C(=O)NCCS)cc2C1=O. The van der Waals surface area contributed by atoms with Crippen LogP contribution in [0.5, 0.6) is 0 Å². The van der Waals surface area contributed by atoms with E-state index >= 15 is 0 Å². The zero-order chi connectivity index (χ0) is 16.1. The molecule has 1 aliphatic rings. The lowest BCUT2D eigenvalue weighted by Crippen LogP contribution is -2.31. The van der Waals surface area contributed by atoms with Crippen molar-refractivity contribution < 1.29 is 19.1 Å². The summed E-state index contributed by atoms with van der Waals surface area (Å²) in [7, 11) is 1.57. The lowest BCUT2D eigenvalue weighted by molar-refractivity contribution is 0.0638. The van der Waals surface area contributed by atoms with Crippen LogP contribution in [0.25, 0.3) is 0 Å². The van der Waals surface area contributed by atoms with Crippen LogP contribution in [0.1, 0.15) is 37.5 Å². The van der Waals surface area contributed by atoms with Gasteiger partial charge in [0.25, 0.3) is 17.7 Å². The Labute approximate surface area is 134 Å². The number of fused-ring (bicyclic) bond motifs is 1. The number of thiol groups is 1. The normalized spacial score (nSPS) is 13.5. The summed E-state index contributed by atoms with van der Waals surface area (Å²) in [5.74, 6) is -0.435. The minimum absolute atomic E-state index is 0.279. The Morgan fingerprint density at radius 1 is 1.27 bits per heavy atom. The number of nitrogens with one attached hydrogen (secondary N) is 1. The minimum atomic E-state index is -0.361. The number of benzene rings is 1. The van der Waals surface area contributed by atoms with Crippen molar-refractivity contribution in [2.24, 2.45) is 0 Å². The lowest BCUT2D eigenvalue weighted by Gasteiger charge is -2.12. The molecule has 0 spiro atoms. The van der Waals surface area contributed by atoms with Crippen LogP contribution >= 0.6 is 12.6 Å². The van der Waals surface area contributed by atoms with Crippen molar-refractivity contribution in [1.82, 2.24) is 10.2 Å². The van der Waals surface area contributed by atoms with Crippen molar-refractivity contribution in [2.75, 3.05) is 32.6 Å². The highest BCUT2D eigenvalue weighted by atomic mass is 32.1. The molecule has 0 unspecified atom stereocenters. The minimum Gasteiger partial charge on any atom is -0.385 e. The van der Waals surface area contributed by atoms with Gasteiger partial charge in [-0.2, -0.15) is 12.6 Å². The summed E-state index contributed by atoms with van der Waals surface area (Å²) in [6, 6.07) is 4.55. The number of rotatable bonds is 7. The molecule has 7 heteroatoms. The predicted octanol–water partition coefficient (Wildman–Crippen LogP) is 0.979. The largest absolute Gasteiger partial charge is 0.385 e. The monoisotopic (exact) mass is 322 g/mol. The molecule has 1 aliphatic heterocycles. The Balaban J connectivity index is 2.17. The third kappa shape index (κ3) is 3.31. The number of imide groups is 1. The molecule has 0 aromatic heterocycles. The molecule has 1 N–H and O–H groups in total. The van der Waals surface area contributed by atoms with E-state index < -0.39 is 0 Å². The Morgan fingerprint density at radius 2 is 2.00 bits per heavy atom. The van der Waals surface area contributed by atoms with Gasteiger partial charge in [-0.3, -0.25) is 19.3 Å². The van der Waals surface area contributed by atoms with Crippen molar-refractivity contribution in [2.45, 2.75) is 6.42 Å². The van der Waals surface area contributed by atoms with Gasteiger partial charge < -0.3 is 10.1 Å². The highest BCUT2D eigenvalue weighted by molar-refractivity contribution is 7.80. The van der Waals surface area contributed by atoms with E-state index in [2.05, 4.69) is 17.9 Å². The summed E-state index contributed by atoms with van der Waals surface area (Å²) in [6.45, 7) is 1.22. The number of methoxy groups -OCH3 is 1. The molecule has 3 amide bonds. The summed E-state index contributed by atoms with van der Waals surface area (Å²) in [5, 5.41) is 2.68. The number of hydrogen-bond acceptors (Lipinski definition) is 5. The van der Waals surface area contributed by atoms with Gasteiger partial charge in [0.05, 0.1) is 11.1 Å². The maximum atomic E-state index is 12.3. The van der Waals surface area contributed by atoms with Crippen LogP contribution in [-0.2, 0) is 4.74 Å². The quantitative estimate of drug-likeness (QED) is 0.446. The number of nitrogens with zero attached hydrogens (tertiary/aromatic N) is 1. The van der Waals surface area contributed by atoms with Crippen molar-refractivity contribution in [3.05, 3.63) is 34.9 Å². The highest BCUT2D eigenvalue weighted by Gasteiger charge is 2.35. The standard InChI is InChI=1S/C15H18N2O4S/c1-21-7-2-6-17-14(19)11-4-3-10(9-12(11)15(17)20)13(18)16-5-8-22/h3-4,9,22H,2,5-8H2,1H3,(H,16,18). The molecule has 6 nitrogen and oxygen atoms in total. The molecule has 22 heavy (non-hydrogen) atoms. The van der Waals surface area contributed by atoms with Crippen LogP contribution in [-0.4, -0.2) is 55.2 Å². The van der Waals surface area contributed by atoms with Gasteiger partial charge in [-0.1, -0.05) is 0 Å². The van der Waals surface area contributed by atoms with Crippen molar-refractivity contribution >= 4 is 30.4 Å². The third-order valence-electron chi connectivity index (χ3n) is 3.36. The first-order valence-electron chi connectivity index (χ1n) is 6.98. The molecule has 1 aromatic carbocycles. The van der Waals surface area contributed by atoms with Crippen molar-refractivity contribution in [3.63, 3.8) is 0 Å². The maximum Gasteiger partial charge on any atom is 0.261 e. The maximum absolute atomic E-state index is 12.3. The Hall–Kier alpha value is -1.86. The molecule has 1 aromatic rings. The van der Waals surface area contributed by atoms with Crippen LogP contribution < -0.4 is 5.32 Å². The van der Waals surface area contributed by atoms with Gasteiger partial charge in [0, 0.05) is 38.1 Å². The summed E-state index contributed by atoms with van der Waals surface area (Å²) >= 11 is 4.02. The Morgan fingerprint density at radius 3 is 2.68 bits per heavy atom. The van der Waals surface area contributed by atoms with Crippen LogP contribution in [0.3, 0.4) is 0 Å². The van der Waals surface area contributed by atoms with E-state index in [4.69, 9.17) is 4.74 Å². The van der Waals surface area contributed by atoms with Gasteiger partial charge >= 0.3 is 0 Å². The molecule has 0 aliphatic carbocycles. The fraction of sp³-hybridized carbons (Fsp3) is 0.400. The number of amides is 3. The fourth-order valence-corrected chi connectivity index (χ4v) is 2.39. The molecular formula is C15H18N2O4S. The van der Waals surface area contributed by atoms with Crippen LogP contribution in [0.2, 0.25) is 0 Å². The fourth-order valence-electron chi connectivity index (χ4n) is 2.27. The van der Waals surface area contributed by atoms with E-state index in [-0.39, 0.29) is 23.3 Å². The lowest BCUT2D eigenvalue weighted by atomic mass is 10.1. The molecule has 0 fully saturated rings. The third-order valence-corrected chi connectivity index (χ3v) is 3.58. The highest BCUT2D eigenvalue weighted by Crippen LogP contribution is 2.24. The van der Waals surface area contributed by atoms with Gasteiger partial charge in [-0.15, -0.1) is 0 Å². The van der Waals surface area contributed by atoms with E-state index in [1.54, 1.807) is 13.2 Å². The van der Waals surface area contributed by atoms with Crippen LogP contribution in [0.4, 0.5) is 0 Å². The van der Waals surface area contributed by atoms with E-state index in [1.807, 2.05) is 0 Å². The van der Waals surface area contributed by atoms with Gasteiger partial charge in [0.15, 0.2) is 0 Å². The van der Waals surface area contributed by atoms with E-state index in [1.165, 1.54) is 17.0 Å². The average Bonchev–Trinajstić information content (AvgIpc) is 2.77. The average molecular weight is 322 g/mol. The van der Waals surface area contributed by atoms with Gasteiger partial charge in [0.1, 0.15) is 0 Å². The smallest absolute Gasteiger partial charge is 0.261 e. The molecule has 0 atom stereocenters. The molecule has 0 radical (unpaired) electrons. The topological polar surface area (TPSA) is 75.7 Å².